The second kappa shape index (κ2) is 7.22. The van der Waals surface area contributed by atoms with Crippen molar-refractivity contribution in [2.75, 3.05) is 13.2 Å². The van der Waals surface area contributed by atoms with Crippen LogP contribution >= 0.6 is 0 Å². The Bertz CT molecular complexity index is 669. The lowest BCUT2D eigenvalue weighted by Crippen LogP contribution is -2.26. The van der Waals surface area contributed by atoms with E-state index in [2.05, 4.69) is 31.8 Å². The third kappa shape index (κ3) is 4.16. The van der Waals surface area contributed by atoms with Crippen LogP contribution in [0.4, 0.5) is 0 Å². The van der Waals surface area contributed by atoms with Gasteiger partial charge in [-0.25, -0.2) is 0 Å². The number of nitrogens with zero attached hydrogens (tertiary/aromatic N) is 2. The van der Waals surface area contributed by atoms with Gasteiger partial charge in [0.25, 0.3) is 5.91 Å². The zero-order chi connectivity index (χ0) is 15.1. The number of hydrogen-bond donors (Lipinski definition) is 2. The number of aromatic nitrogens is 2. The van der Waals surface area contributed by atoms with Gasteiger partial charge in [-0.05, 0) is 24.6 Å². The Morgan fingerprint density at radius 3 is 3.05 bits per heavy atom. The molecule has 2 aromatic rings. The quantitative estimate of drug-likeness (QED) is 0.807. The smallest absolute Gasteiger partial charge is 0.251 e. The van der Waals surface area contributed by atoms with Crippen molar-refractivity contribution in [3.05, 3.63) is 47.1 Å². The van der Waals surface area contributed by atoms with Crippen LogP contribution in [-0.4, -0.2) is 34.3 Å². The van der Waals surface area contributed by atoms with E-state index in [4.69, 9.17) is 5.11 Å². The number of aryl methyl sites for hydroxylation is 1. The van der Waals surface area contributed by atoms with Crippen LogP contribution in [0.1, 0.15) is 27.3 Å². The largest absolute Gasteiger partial charge is 0.384 e. The molecule has 0 atom stereocenters. The van der Waals surface area contributed by atoms with E-state index < -0.39 is 0 Å². The minimum atomic E-state index is -0.208. The molecule has 6 nitrogen and oxygen atoms in total. The lowest BCUT2D eigenvalue weighted by Gasteiger charge is -2.07. The fraction of sp³-hybridized carbons (Fsp3) is 0.267. The van der Waals surface area contributed by atoms with Crippen LogP contribution in [0, 0.1) is 18.8 Å². The standard InChI is InChI=1S/C15H15N3O3/c1-11-4-5-12(3-2-8-19)9-13(11)15(20)16-7-6-14-17-10-21-18-14/h4-5,9-10,19H,6-8H2,1H3,(H,16,20). The normalized spacial score (nSPS) is 9.81. The molecule has 1 amide bonds. The van der Waals surface area contributed by atoms with Gasteiger partial charge in [0.2, 0.25) is 6.39 Å². The van der Waals surface area contributed by atoms with Gasteiger partial charge in [-0.15, -0.1) is 0 Å². The Morgan fingerprint density at radius 2 is 2.33 bits per heavy atom. The Morgan fingerprint density at radius 1 is 1.48 bits per heavy atom. The van der Waals surface area contributed by atoms with Crippen LogP contribution in [0.25, 0.3) is 0 Å². The number of nitrogens with one attached hydrogen (secondary N) is 1. The predicted molar refractivity (Wildman–Crippen MR) is 75.5 cm³/mol. The molecule has 0 unspecified atom stereocenters. The number of aliphatic hydroxyl groups is 1. The van der Waals surface area contributed by atoms with Crippen molar-refractivity contribution in [1.29, 1.82) is 0 Å². The van der Waals surface area contributed by atoms with Crippen molar-refractivity contribution in [1.82, 2.24) is 15.5 Å². The second-order valence-corrected chi connectivity index (χ2v) is 4.34. The van der Waals surface area contributed by atoms with Crippen molar-refractivity contribution in [3.63, 3.8) is 0 Å². The van der Waals surface area contributed by atoms with Gasteiger partial charge in [-0.3, -0.25) is 4.79 Å². The SMILES string of the molecule is Cc1ccc(C#CCO)cc1C(=O)NCCc1ncon1. The third-order valence-electron chi connectivity index (χ3n) is 2.84. The molecule has 1 aromatic heterocycles. The highest BCUT2D eigenvalue weighted by atomic mass is 16.5. The number of rotatable bonds is 4. The summed E-state index contributed by atoms with van der Waals surface area (Å²) in [4.78, 5) is 16.0. The monoisotopic (exact) mass is 285 g/mol. The van der Waals surface area contributed by atoms with E-state index in [1.807, 2.05) is 19.1 Å². The van der Waals surface area contributed by atoms with E-state index in [9.17, 15) is 4.79 Å². The van der Waals surface area contributed by atoms with Crippen LogP contribution in [0.15, 0.2) is 29.1 Å². The van der Waals surface area contributed by atoms with Gasteiger partial charge in [0, 0.05) is 24.1 Å². The molecule has 0 fully saturated rings. The van der Waals surface area contributed by atoms with Crippen molar-refractivity contribution < 1.29 is 14.4 Å². The molecule has 21 heavy (non-hydrogen) atoms. The average Bonchev–Trinajstić information content (AvgIpc) is 2.99. The van der Waals surface area contributed by atoms with Crippen molar-refractivity contribution >= 4 is 5.91 Å². The Kier molecular flexibility index (Phi) is 5.07. The van der Waals surface area contributed by atoms with E-state index in [1.54, 1.807) is 6.07 Å². The lowest BCUT2D eigenvalue weighted by atomic mass is 10.0. The summed E-state index contributed by atoms with van der Waals surface area (Å²) in [5, 5.41) is 15.2. The molecule has 0 radical (unpaired) electrons. The summed E-state index contributed by atoms with van der Waals surface area (Å²) in [5.74, 6) is 5.72. The van der Waals surface area contributed by atoms with E-state index in [-0.39, 0.29) is 12.5 Å². The Labute approximate surface area is 122 Å². The molecule has 0 saturated heterocycles. The first-order chi connectivity index (χ1) is 10.2. The molecule has 0 bridgehead atoms. The van der Waals surface area contributed by atoms with E-state index in [1.165, 1.54) is 6.39 Å². The van der Waals surface area contributed by atoms with Crippen molar-refractivity contribution in [3.8, 4) is 11.8 Å². The molecular weight excluding hydrogens is 270 g/mol. The summed E-state index contributed by atoms with van der Waals surface area (Å²) in [7, 11) is 0. The van der Waals surface area contributed by atoms with E-state index >= 15 is 0 Å². The molecule has 6 heteroatoms. The highest BCUT2D eigenvalue weighted by Crippen LogP contribution is 2.10. The molecule has 0 aliphatic heterocycles. The highest BCUT2D eigenvalue weighted by Gasteiger charge is 2.09. The van der Waals surface area contributed by atoms with Gasteiger partial charge >= 0.3 is 0 Å². The molecule has 0 aliphatic carbocycles. The number of aliphatic hydroxyl groups excluding tert-OH is 1. The maximum absolute atomic E-state index is 12.1. The number of amides is 1. The van der Waals surface area contributed by atoms with Gasteiger partial charge in [0.1, 0.15) is 6.61 Å². The molecular formula is C15H15N3O3. The number of hydrogen-bond acceptors (Lipinski definition) is 5. The maximum atomic E-state index is 12.1. The van der Waals surface area contributed by atoms with Crippen LogP contribution < -0.4 is 5.32 Å². The molecule has 2 rings (SSSR count). The first-order valence-electron chi connectivity index (χ1n) is 6.44. The lowest BCUT2D eigenvalue weighted by molar-refractivity contribution is 0.0953. The molecule has 108 valence electrons. The number of carbonyl (C=O) groups is 1. The summed E-state index contributed by atoms with van der Waals surface area (Å²) in [6, 6.07) is 5.35. The topological polar surface area (TPSA) is 88.2 Å². The van der Waals surface area contributed by atoms with E-state index in [0.717, 1.165) is 5.56 Å². The van der Waals surface area contributed by atoms with Gasteiger partial charge in [-0.1, -0.05) is 23.1 Å². The Hall–Kier alpha value is -2.65. The van der Waals surface area contributed by atoms with Gasteiger partial charge < -0.3 is 14.9 Å². The third-order valence-corrected chi connectivity index (χ3v) is 2.84. The zero-order valence-electron chi connectivity index (χ0n) is 11.6. The molecule has 2 N–H and O–H groups in total. The summed E-state index contributed by atoms with van der Waals surface area (Å²) in [5.41, 5.74) is 2.12. The number of carbonyl (C=O) groups excluding carboxylic acids is 1. The molecule has 1 aromatic carbocycles. The summed E-state index contributed by atoms with van der Waals surface area (Å²) >= 11 is 0. The fourth-order valence-electron chi connectivity index (χ4n) is 1.77. The van der Waals surface area contributed by atoms with Crippen LogP contribution in [0.2, 0.25) is 0 Å². The maximum Gasteiger partial charge on any atom is 0.251 e. The minimum absolute atomic E-state index is 0.177. The van der Waals surface area contributed by atoms with Crippen LogP contribution in [0.3, 0.4) is 0 Å². The minimum Gasteiger partial charge on any atom is -0.384 e. The van der Waals surface area contributed by atoms with Crippen LogP contribution in [0.5, 0.6) is 0 Å². The summed E-state index contributed by atoms with van der Waals surface area (Å²) in [6.07, 6.45) is 1.76. The number of benzene rings is 1. The van der Waals surface area contributed by atoms with Gasteiger partial charge in [0.15, 0.2) is 5.82 Å². The fourth-order valence-corrected chi connectivity index (χ4v) is 1.77. The first-order valence-corrected chi connectivity index (χ1v) is 6.44. The molecule has 0 aliphatic rings. The van der Waals surface area contributed by atoms with Crippen molar-refractivity contribution in [2.45, 2.75) is 13.3 Å². The van der Waals surface area contributed by atoms with Crippen molar-refractivity contribution in [2.24, 2.45) is 0 Å². The molecule has 0 spiro atoms. The average molecular weight is 285 g/mol. The van der Waals surface area contributed by atoms with Crippen LogP contribution in [-0.2, 0) is 6.42 Å². The zero-order valence-corrected chi connectivity index (χ0v) is 11.6. The molecule has 0 saturated carbocycles. The molecule has 1 heterocycles. The Balaban J connectivity index is 2.00. The second-order valence-electron chi connectivity index (χ2n) is 4.34. The summed E-state index contributed by atoms with van der Waals surface area (Å²) < 4.78 is 4.62. The van der Waals surface area contributed by atoms with E-state index in [0.29, 0.717) is 29.9 Å². The predicted octanol–water partition coefficient (Wildman–Crippen LogP) is 0.694. The summed E-state index contributed by atoms with van der Waals surface area (Å²) in [6.45, 7) is 2.07. The highest BCUT2D eigenvalue weighted by molar-refractivity contribution is 5.96. The van der Waals surface area contributed by atoms with Gasteiger partial charge in [-0.2, -0.15) is 4.98 Å². The van der Waals surface area contributed by atoms with Gasteiger partial charge in [0.05, 0.1) is 0 Å². The first kappa shape index (κ1) is 14.8.